The number of urea groups is 1. The van der Waals surface area contributed by atoms with Crippen molar-refractivity contribution in [2.45, 2.75) is 13.3 Å². The molecule has 0 aromatic heterocycles. The number of rotatable bonds is 6. The summed E-state index contributed by atoms with van der Waals surface area (Å²) in [6.07, 6.45) is 2.31. The molecule has 0 saturated carbocycles. The molecule has 0 unspecified atom stereocenters. The lowest BCUT2D eigenvalue weighted by atomic mass is 10.0. The lowest BCUT2D eigenvalue weighted by Crippen LogP contribution is -2.57. The van der Waals surface area contributed by atoms with Gasteiger partial charge in [0.05, 0.1) is 18.0 Å². The highest BCUT2D eigenvalue weighted by Gasteiger charge is 2.43. The van der Waals surface area contributed by atoms with Crippen molar-refractivity contribution in [3.63, 3.8) is 0 Å². The molecule has 0 radical (unpaired) electrons. The van der Waals surface area contributed by atoms with Gasteiger partial charge >= 0.3 is 6.03 Å². The fourth-order valence-corrected chi connectivity index (χ4v) is 3.44. The van der Waals surface area contributed by atoms with Crippen LogP contribution in [0.25, 0.3) is 6.08 Å². The Bertz CT molecular complexity index is 1110. The van der Waals surface area contributed by atoms with E-state index in [1.165, 1.54) is 6.08 Å². The van der Waals surface area contributed by atoms with E-state index in [1.807, 2.05) is 13.0 Å². The van der Waals surface area contributed by atoms with Crippen LogP contribution in [0.2, 0.25) is 0 Å². The number of anilines is 2. The smallest absolute Gasteiger partial charge is 0.343 e. The van der Waals surface area contributed by atoms with E-state index in [1.54, 1.807) is 78.9 Å². The van der Waals surface area contributed by atoms with Gasteiger partial charge in [0.15, 0.2) is 0 Å². The van der Waals surface area contributed by atoms with Crippen LogP contribution >= 0.6 is 0 Å². The van der Waals surface area contributed by atoms with Crippen molar-refractivity contribution in [3.05, 3.63) is 96.1 Å². The quantitative estimate of drug-likeness (QED) is 0.408. The van der Waals surface area contributed by atoms with E-state index in [4.69, 9.17) is 4.74 Å². The van der Waals surface area contributed by atoms with Crippen molar-refractivity contribution < 1.29 is 19.1 Å². The van der Waals surface area contributed by atoms with Crippen molar-refractivity contribution in [2.75, 3.05) is 16.4 Å². The first-order valence-corrected chi connectivity index (χ1v) is 10.4. The molecule has 6 heteroatoms. The van der Waals surface area contributed by atoms with Crippen molar-refractivity contribution in [1.82, 2.24) is 0 Å². The molecule has 0 atom stereocenters. The molecule has 0 aliphatic carbocycles. The van der Waals surface area contributed by atoms with E-state index in [9.17, 15) is 14.4 Å². The summed E-state index contributed by atoms with van der Waals surface area (Å²) in [6.45, 7) is 2.50. The second-order valence-corrected chi connectivity index (χ2v) is 7.18. The van der Waals surface area contributed by atoms with Gasteiger partial charge in [0, 0.05) is 5.56 Å². The minimum Gasteiger partial charge on any atom is -0.493 e. The van der Waals surface area contributed by atoms with Crippen LogP contribution in [0.15, 0.2) is 90.5 Å². The second kappa shape index (κ2) is 9.31. The van der Waals surface area contributed by atoms with Gasteiger partial charge in [-0.3, -0.25) is 9.59 Å². The predicted molar refractivity (Wildman–Crippen MR) is 123 cm³/mol. The lowest BCUT2D eigenvalue weighted by Gasteiger charge is -2.34. The summed E-state index contributed by atoms with van der Waals surface area (Å²) < 4.78 is 5.78. The Morgan fingerprint density at radius 1 is 0.719 bits per heavy atom. The molecule has 1 aliphatic heterocycles. The van der Waals surface area contributed by atoms with Gasteiger partial charge < -0.3 is 4.74 Å². The zero-order valence-electron chi connectivity index (χ0n) is 17.6. The third-order valence-electron chi connectivity index (χ3n) is 4.96. The maximum atomic E-state index is 13.4. The monoisotopic (exact) mass is 426 g/mol. The number of amides is 4. The number of hydrogen-bond donors (Lipinski definition) is 0. The standard InChI is InChI=1S/C26H22N2O4/c1-2-17-32-23-16-10-9-11-19(23)18-22-24(29)27(20-12-5-3-6-13-20)26(31)28(25(22)30)21-14-7-4-8-15-21/h3-16,18H,2,17H2,1H3. The van der Waals surface area contributed by atoms with Gasteiger partial charge in [0.2, 0.25) is 0 Å². The molecule has 3 aromatic carbocycles. The van der Waals surface area contributed by atoms with Gasteiger partial charge in [0.25, 0.3) is 11.8 Å². The number of imide groups is 2. The van der Waals surface area contributed by atoms with E-state index >= 15 is 0 Å². The van der Waals surface area contributed by atoms with Crippen LogP contribution < -0.4 is 14.5 Å². The minimum atomic E-state index is -0.718. The Morgan fingerprint density at radius 2 is 1.22 bits per heavy atom. The average molecular weight is 426 g/mol. The Labute approximate surface area is 186 Å². The van der Waals surface area contributed by atoms with Crippen molar-refractivity contribution >= 4 is 35.3 Å². The normalized spacial score (nSPS) is 14.0. The number of carbonyl (C=O) groups is 3. The van der Waals surface area contributed by atoms with Crippen molar-refractivity contribution in [2.24, 2.45) is 0 Å². The molecule has 0 N–H and O–H groups in total. The number of barbiturate groups is 1. The van der Waals surface area contributed by atoms with Crippen LogP contribution in [0.4, 0.5) is 16.2 Å². The number of carbonyl (C=O) groups excluding carboxylic acids is 3. The van der Waals surface area contributed by atoms with E-state index < -0.39 is 17.8 Å². The topological polar surface area (TPSA) is 66.9 Å². The summed E-state index contributed by atoms with van der Waals surface area (Å²) in [4.78, 5) is 42.2. The van der Waals surface area contributed by atoms with Crippen LogP contribution in [-0.4, -0.2) is 24.5 Å². The van der Waals surface area contributed by atoms with Crippen LogP contribution in [0.3, 0.4) is 0 Å². The average Bonchev–Trinajstić information content (AvgIpc) is 2.82. The number of para-hydroxylation sites is 3. The predicted octanol–water partition coefficient (Wildman–Crippen LogP) is 5.06. The first-order valence-electron chi connectivity index (χ1n) is 10.4. The first-order chi connectivity index (χ1) is 15.6. The van der Waals surface area contributed by atoms with Crippen LogP contribution in [0, 0.1) is 0 Å². The number of benzene rings is 3. The Kier molecular flexibility index (Phi) is 6.12. The molecule has 4 amide bonds. The highest BCUT2D eigenvalue weighted by atomic mass is 16.5. The van der Waals surface area contributed by atoms with E-state index in [-0.39, 0.29) is 5.57 Å². The molecule has 1 heterocycles. The number of nitrogens with zero attached hydrogens (tertiary/aromatic N) is 2. The summed E-state index contributed by atoms with van der Waals surface area (Å²) in [5, 5.41) is 0. The third-order valence-corrected chi connectivity index (χ3v) is 4.96. The van der Waals surface area contributed by atoms with Gasteiger partial charge in [-0.15, -0.1) is 0 Å². The van der Waals surface area contributed by atoms with Crippen molar-refractivity contribution in [3.8, 4) is 5.75 Å². The molecular weight excluding hydrogens is 404 g/mol. The lowest BCUT2D eigenvalue weighted by molar-refractivity contribution is -0.121. The molecule has 32 heavy (non-hydrogen) atoms. The van der Waals surface area contributed by atoms with Gasteiger partial charge in [-0.2, -0.15) is 0 Å². The molecule has 1 aliphatic rings. The summed E-state index contributed by atoms with van der Waals surface area (Å²) in [5.74, 6) is -0.788. The SMILES string of the molecule is CCCOc1ccccc1C=C1C(=O)N(c2ccccc2)C(=O)N(c2ccccc2)C1=O. The highest BCUT2D eigenvalue weighted by molar-refractivity contribution is 6.46. The zero-order chi connectivity index (χ0) is 22.5. The van der Waals surface area contributed by atoms with Crippen LogP contribution in [0.5, 0.6) is 5.75 Å². The fourth-order valence-electron chi connectivity index (χ4n) is 3.44. The molecule has 3 aromatic rings. The largest absolute Gasteiger partial charge is 0.493 e. The summed E-state index contributed by atoms with van der Waals surface area (Å²) in [5.41, 5.74) is 1.24. The summed E-state index contributed by atoms with van der Waals surface area (Å²) >= 11 is 0. The van der Waals surface area contributed by atoms with E-state index in [2.05, 4.69) is 0 Å². The van der Waals surface area contributed by atoms with Crippen molar-refractivity contribution in [1.29, 1.82) is 0 Å². The number of ether oxygens (including phenoxy) is 1. The Morgan fingerprint density at radius 3 is 1.75 bits per heavy atom. The maximum absolute atomic E-state index is 13.4. The first kappa shape index (κ1) is 21.1. The maximum Gasteiger partial charge on any atom is 0.343 e. The highest BCUT2D eigenvalue weighted by Crippen LogP contribution is 2.31. The van der Waals surface area contributed by atoms with E-state index in [0.29, 0.717) is 29.3 Å². The minimum absolute atomic E-state index is 0.121. The third kappa shape index (κ3) is 4.03. The molecule has 0 bridgehead atoms. The molecule has 0 spiro atoms. The second-order valence-electron chi connectivity index (χ2n) is 7.18. The molecule has 4 rings (SSSR count). The van der Waals surface area contributed by atoms with Gasteiger partial charge in [-0.25, -0.2) is 14.6 Å². The molecular formula is C26H22N2O4. The van der Waals surface area contributed by atoms with Gasteiger partial charge in [-0.1, -0.05) is 61.5 Å². The fraction of sp³-hybridized carbons (Fsp3) is 0.115. The van der Waals surface area contributed by atoms with Gasteiger partial charge in [-0.05, 0) is 42.8 Å². The zero-order valence-corrected chi connectivity index (χ0v) is 17.6. The molecule has 6 nitrogen and oxygen atoms in total. The van der Waals surface area contributed by atoms with Crippen LogP contribution in [-0.2, 0) is 9.59 Å². The molecule has 1 saturated heterocycles. The molecule has 1 fully saturated rings. The van der Waals surface area contributed by atoms with Gasteiger partial charge in [0.1, 0.15) is 11.3 Å². The number of hydrogen-bond acceptors (Lipinski definition) is 4. The van der Waals surface area contributed by atoms with E-state index in [0.717, 1.165) is 16.2 Å². The summed E-state index contributed by atoms with van der Waals surface area (Å²) in [7, 11) is 0. The Hall–Kier alpha value is -4.19. The molecule has 160 valence electrons. The van der Waals surface area contributed by atoms with Crippen LogP contribution in [0.1, 0.15) is 18.9 Å². The summed E-state index contributed by atoms with van der Waals surface area (Å²) in [6, 6.07) is 23.6. The Balaban J connectivity index is 1.84.